The number of allylic oxidation sites excluding steroid dienone is 1. The Morgan fingerprint density at radius 1 is 1.25 bits per heavy atom. The van der Waals surface area contributed by atoms with Gasteiger partial charge in [0.05, 0.1) is 20.0 Å². The Bertz CT molecular complexity index is 659. The summed E-state index contributed by atoms with van der Waals surface area (Å²) in [6, 6.07) is 6.28. The molecule has 0 aliphatic heterocycles. The summed E-state index contributed by atoms with van der Waals surface area (Å²) in [5.41, 5.74) is 1.43. The van der Waals surface area contributed by atoms with Crippen molar-refractivity contribution in [3.8, 4) is 5.75 Å². The zero-order valence-corrected chi connectivity index (χ0v) is 15.8. The van der Waals surface area contributed by atoms with Gasteiger partial charge >= 0.3 is 0 Å². The molecule has 0 aromatic heterocycles. The molecule has 2 unspecified atom stereocenters. The summed E-state index contributed by atoms with van der Waals surface area (Å²) < 4.78 is 11.1. The number of methoxy groups -OCH3 is 2. The summed E-state index contributed by atoms with van der Waals surface area (Å²) >= 11 is 0. The molecule has 0 radical (unpaired) electrons. The van der Waals surface area contributed by atoms with E-state index in [0.717, 1.165) is 35.5 Å². The van der Waals surface area contributed by atoms with Crippen LogP contribution >= 0.6 is 0 Å². The zero-order chi connectivity index (χ0) is 18.1. The first kappa shape index (κ1) is 18.6. The molecule has 0 saturated carbocycles. The van der Waals surface area contributed by atoms with E-state index < -0.39 is 11.0 Å². The Morgan fingerprint density at radius 2 is 1.92 bits per heavy atom. The van der Waals surface area contributed by atoms with E-state index in [4.69, 9.17) is 9.47 Å². The topological polar surface area (TPSA) is 38.7 Å². The fourth-order valence-corrected chi connectivity index (χ4v) is 3.90. The minimum absolute atomic E-state index is 0.383. The number of aliphatic hydroxyl groups is 1. The van der Waals surface area contributed by atoms with Crippen LogP contribution in [0.25, 0.3) is 0 Å². The first-order valence-corrected chi connectivity index (χ1v) is 8.53. The van der Waals surface area contributed by atoms with Crippen molar-refractivity contribution in [3.63, 3.8) is 0 Å². The van der Waals surface area contributed by atoms with Gasteiger partial charge in [0.25, 0.3) is 0 Å². The van der Waals surface area contributed by atoms with E-state index in [1.54, 1.807) is 20.3 Å². The summed E-state index contributed by atoms with van der Waals surface area (Å²) in [6.45, 7) is 12.2. The fraction of sp³-hybridized carbons (Fsp3) is 0.524. The molecule has 0 saturated heterocycles. The van der Waals surface area contributed by atoms with Crippen molar-refractivity contribution in [1.29, 1.82) is 0 Å². The van der Waals surface area contributed by atoms with Gasteiger partial charge in [-0.05, 0) is 36.5 Å². The number of ether oxygens (including phenoxy) is 2. The van der Waals surface area contributed by atoms with Crippen LogP contribution in [0.1, 0.15) is 57.6 Å². The second-order valence-corrected chi connectivity index (χ2v) is 7.17. The molecule has 132 valence electrons. The molecule has 0 fully saturated rings. The highest BCUT2D eigenvalue weighted by molar-refractivity contribution is 5.48. The lowest BCUT2D eigenvalue weighted by Gasteiger charge is -2.48. The predicted octanol–water partition coefficient (Wildman–Crippen LogP) is 4.71. The van der Waals surface area contributed by atoms with Crippen molar-refractivity contribution in [3.05, 3.63) is 53.3 Å². The van der Waals surface area contributed by atoms with Crippen molar-refractivity contribution in [2.24, 2.45) is 0 Å². The van der Waals surface area contributed by atoms with Crippen LogP contribution in [0, 0.1) is 0 Å². The molecule has 1 aromatic rings. The van der Waals surface area contributed by atoms with E-state index >= 15 is 0 Å². The minimum atomic E-state index is -1.15. The Hall–Kier alpha value is -1.74. The molecule has 0 amide bonds. The van der Waals surface area contributed by atoms with Crippen LogP contribution in [-0.4, -0.2) is 24.9 Å². The molecule has 0 heterocycles. The van der Waals surface area contributed by atoms with E-state index in [9.17, 15) is 5.11 Å². The normalized spacial score (nSPS) is 27.3. The van der Waals surface area contributed by atoms with E-state index in [1.165, 1.54) is 5.56 Å². The largest absolute Gasteiger partial charge is 0.501 e. The SMILES string of the molecule is C=CC1(O)C(C)=C(OC)CCC1(C)c1ccc(C(C)C)c(OC)c1. The molecule has 1 aliphatic carbocycles. The first-order chi connectivity index (χ1) is 11.2. The number of hydrogen-bond donors (Lipinski definition) is 1. The van der Waals surface area contributed by atoms with Crippen molar-refractivity contribution in [2.45, 2.75) is 57.5 Å². The van der Waals surface area contributed by atoms with Crippen LogP contribution in [0.4, 0.5) is 0 Å². The minimum Gasteiger partial charge on any atom is -0.501 e. The monoisotopic (exact) mass is 330 g/mol. The molecule has 0 spiro atoms. The van der Waals surface area contributed by atoms with Gasteiger partial charge < -0.3 is 14.6 Å². The zero-order valence-electron chi connectivity index (χ0n) is 15.8. The highest BCUT2D eigenvalue weighted by Crippen LogP contribution is 2.50. The van der Waals surface area contributed by atoms with Gasteiger partial charge in [-0.25, -0.2) is 0 Å². The number of hydrogen-bond acceptors (Lipinski definition) is 3. The lowest BCUT2D eigenvalue weighted by Crippen LogP contribution is -2.52. The van der Waals surface area contributed by atoms with E-state index in [-0.39, 0.29) is 0 Å². The molecular formula is C21H30O3. The number of rotatable bonds is 5. The quantitative estimate of drug-likeness (QED) is 0.795. The van der Waals surface area contributed by atoms with Gasteiger partial charge in [-0.1, -0.05) is 45.6 Å². The summed E-state index contributed by atoms with van der Waals surface area (Å²) in [4.78, 5) is 0. The van der Waals surface area contributed by atoms with E-state index in [2.05, 4.69) is 45.5 Å². The third-order valence-electron chi connectivity index (χ3n) is 5.72. The van der Waals surface area contributed by atoms with Gasteiger partial charge in [-0.3, -0.25) is 0 Å². The molecule has 2 atom stereocenters. The standard InChI is InChI=1S/C21H30O3/c1-8-21(22)15(4)18(23-6)11-12-20(21,5)16-9-10-17(14(2)3)19(13-16)24-7/h8-10,13-14,22H,1,11-12H2,2-7H3. The predicted molar refractivity (Wildman–Crippen MR) is 98.5 cm³/mol. The third kappa shape index (κ3) is 2.65. The Morgan fingerprint density at radius 3 is 2.42 bits per heavy atom. The van der Waals surface area contributed by atoms with Gasteiger partial charge in [-0.2, -0.15) is 0 Å². The van der Waals surface area contributed by atoms with Crippen LogP contribution < -0.4 is 4.74 Å². The third-order valence-corrected chi connectivity index (χ3v) is 5.72. The summed E-state index contributed by atoms with van der Waals surface area (Å²) in [5, 5.41) is 11.5. The Labute approximate surface area is 146 Å². The highest BCUT2D eigenvalue weighted by atomic mass is 16.5. The van der Waals surface area contributed by atoms with Gasteiger partial charge in [0.15, 0.2) is 0 Å². The lowest BCUT2D eigenvalue weighted by atomic mass is 9.60. The van der Waals surface area contributed by atoms with Crippen LogP contribution in [-0.2, 0) is 10.2 Å². The second-order valence-electron chi connectivity index (χ2n) is 7.17. The average molecular weight is 330 g/mol. The Kier molecular flexibility index (Phi) is 5.14. The first-order valence-electron chi connectivity index (χ1n) is 8.53. The molecule has 1 aliphatic rings. The Balaban J connectivity index is 2.62. The van der Waals surface area contributed by atoms with Crippen LogP contribution in [0.2, 0.25) is 0 Å². The molecule has 1 N–H and O–H groups in total. The summed E-state index contributed by atoms with van der Waals surface area (Å²) in [7, 11) is 3.35. The van der Waals surface area contributed by atoms with Crippen molar-refractivity contribution >= 4 is 0 Å². The average Bonchev–Trinajstić information content (AvgIpc) is 2.59. The van der Waals surface area contributed by atoms with Crippen molar-refractivity contribution < 1.29 is 14.6 Å². The van der Waals surface area contributed by atoms with Crippen molar-refractivity contribution in [1.82, 2.24) is 0 Å². The molecule has 3 nitrogen and oxygen atoms in total. The smallest absolute Gasteiger partial charge is 0.122 e. The fourth-order valence-electron chi connectivity index (χ4n) is 3.90. The van der Waals surface area contributed by atoms with E-state index in [0.29, 0.717) is 5.92 Å². The van der Waals surface area contributed by atoms with Crippen LogP contribution in [0.15, 0.2) is 42.2 Å². The molecular weight excluding hydrogens is 300 g/mol. The molecule has 1 aromatic carbocycles. The maximum Gasteiger partial charge on any atom is 0.122 e. The summed E-state index contributed by atoms with van der Waals surface area (Å²) in [6.07, 6.45) is 3.22. The maximum atomic E-state index is 11.5. The van der Waals surface area contributed by atoms with Crippen molar-refractivity contribution in [2.75, 3.05) is 14.2 Å². The highest BCUT2D eigenvalue weighted by Gasteiger charge is 2.51. The van der Waals surface area contributed by atoms with Crippen LogP contribution in [0.5, 0.6) is 5.75 Å². The maximum absolute atomic E-state index is 11.5. The van der Waals surface area contributed by atoms with Gasteiger partial charge in [0.1, 0.15) is 11.4 Å². The van der Waals surface area contributed by atoms with Crippen LogP contribution in [0.3, 0.4) is 0 Å². The number of benzene rings is 1. The van der Waals surface area contributed by atoms with Gasteiger partial charge in [0.2, 0.25) is 0 Å². The van der Waals surface area contributed by atoms with E-state index in [1.807, 2.05) is 6.92 Å². The second kappa shape index (κ2) is 6.64. The molecule has 24 heavy (non-hydrogen) atoms. The summed E-state index contributed by atoms with van der Waals surface area (Å²) in [5.74, 6) is 2.10. The molecule has 2 rings (SSSR count). The molecule has 0 bridgehead atoms. The van der Waals surface area contributed by atoms with Gasteiger partial charge in [0, 0.05) is 17.4 Å². The lowest BCUT2D eigenvalue weighted by molar-refractivity contribution is 0.0215. The molecule has 3 heteroatoms. The van der Waals surface area contributed by atoms with Gasteiger partial charge in [-0.15, -0.1) is 0 Å².